The Balaban J connectivity index is 1.39. The molecule has 2 aliphatic rings. The first kappa shape index (κ1) is 24.1. The van der Waals surface area contributed by atoms with Gasteiger partial charge in [-0.2, -0.15) is 0 Å². The summed E-state index contributed by atoms with van der Waals surface area (Å²) in [6, 6.07) is 45.2. The number of hydrogen-bond acceptors (Lipinski definition) is 2. The summed E-state index contributed by atoms with van der Waals surface area (Å²) in [6.07, 6.45) is 4.71. The maximum atomic E-state index is 13.7. The molecule has 1 heterocycles. The third-order valence-electron chi connectivity index (χ3n) is 8.27. The lowest BCUT2D eigenvalue weighted by Crippen LogP contribution is -2.45. The third kappa shape index (κ3) is 3.59. The maximum Gasteiger partial charge on any atom is 0.265 e. The molecule has 7 rings (SSSR count). The molecule has 192 valence electrons. The van der Waals surface area contributed by atoms with E-state index in [1.165, 1.54) is 4.90 Å². The summed E-state index contributed by atoms with van der Waals surface area (Å²) in [4.78, 5) is 28.8. The van der Waals surface area contributed by atoms with Crippen LogP contribution in [0.25, 0.3) is 0 Å². The van der Waals surface area contributed by atoms with Gasteiger partial charge in [0.15, 0.2) is 0 Å². The number of carbonyl (C=O) groups excluding carboxylic acids is 2. The first-order valence-corrected chi connectivity index (χ1v) is 13.6. The van der Waals surface area contributed by atoms with Crippen molar-refractivity contribution >= 4 is 17.5 Å². The first-order chi connectivity index (χ1) is 19.7. The van der Waals surface area contributed by atoms with Crippen molar-refractivity contribution in [2.24, 2.45) is 0 Å². The Hall–Kier alpha value is -5.02. The number of carbonyl (C=O) groups is 2. The van der Waals surface area contributed by atoms with Gasteiger partial charge in [0.2, 0.25) is 5.91 Å². The van der Waals surface area contributed by atoms with Crippen molar-refractivity contribution in [2.75, 3.05) is 4.90 Å². The summed E-state index contributed by atoms with van der Waals surface area (Å²) < 4.78 is 0. The molecular formula is C37H27NO2. The summed E-state index contributed by atoms with van der Waals surface area (Å²) in [5.74, 6) is -0.898. The number of nitrogens with zero attached hydrogens (tertiary/aromatic N) is 1. The Bertz CT molecular complexity index is 1640. The van der Waals surface area contributed by atoms with Gasteiger partial charge in [0.05, 0.1) is 17.0 Å². The molecule has 0 fully saturated rings. The van der Waals surface area contributed by atoms with Gasteiger partial charge in [-0.15, -0.1) is 0 Å². The molecular weight excluding hydrogens is 490 g/mol. The minimum absolute atomic E-state index is 0.200. The lowest BCUT2D eigenvalue weighted by molar-refractivity contribution is -0.118. The highest BCUT2D eigenvalue weighted by Gasteiger charge is 2.42. The fourth-order valence-electron chi connectivity index (χ4n) is 6.51. The number of benzene rings is 5. The van der Waals surface area contributed by atoms with Crippen LogP contribution in [0.2, 0.25) is 0 Å². The van der Waals surface area contributed by atoms with Gasteiger partial charge in [0.1, 0.15) is 0 Å². The molecule has 1 aliphatic heterocycles. The first-order valence-electron chi connectivity index (χ1n) is 13.6. The molecule has 0 unspecified atom stereocenters. The zero-order valence-electron chi connectivity index (χ0n) is 21.9. The van der Waals surface area contributed by atoms with Gasteiger partial charge in [-0.25, -0.2) is 4.90 Å². The van der Waals surface area contributed by atoms with Crippen molar-refractivity contribution in [3.05, 3.63) is 185 Å². The van der Waals surface area contributed by atoms with E-state index < -0.39 is 11.3 Å². The molecule has 1 aliphatic carbocycles. The van der Waals surface area contributed by atoms with Crippen molar-refractivity contribution < 1.29 is 9.59 Å². The van der Waals surface area contributed by atoms with Crippen LogP contribution in [0.4, 0.5) is 5.69 Å². The van der Waals surface area contributed by atoms with Gasteiger partial charge in [-0.05, 0) is 58.0 Å². The molecule has 3 nitrogen and oxygen atoms in total. The molecule has 0 N–H and O–H groups in total. The Morgan fingerprint density at radius 3 is 1.65 bits per heavy atom. The van der Waals surface area contributed by atoms with E-state index in [0.717, 1.165) is 39.8 Å². The summed E-state index contributed by atoms with van der Waals surface area (Å²) >= 11 is 0. The average Bonchev–Trinajstić information content (AvgIpc) is 3.02. The molecule has 5 aromatic carbocycles. The Kier molecular flexibility index (Phi) is 5.78. The van der Waals surface area contributed by atoms with Crippen LogP contribution < -0.4 is 4.90 Å². The van der Waals surface area contributed by atoms with E-state index in [1.807, 2.05) is 60.7 Å². The molecule has 0 saturated heterocycles. The standard InChI is InChI=1S/C37H27NO2/c39-35-32-20-10-12-26-13-11-21-33(34(26)32)36(40)38(35)31-24-22-30(23-25-31)37(27-14-4-1-5-15-27,28-16-6-2-7-17-28)29-18-8-3-9-19-29/h1-12,14-25,33H,13H2/t33-/m1/s1. The monoisotopic (exact) mass is 517 g/mol. The number of hydrogen-bond donors (Lipinski definition) is 0. The minimum Gasteiger partial charge on any atom is -0.273 e. The molecule has 40 heavy (non-hydrogen) atoms. The summed E-state index contributed by atoms with van der Waals surface area (Å²) in [7, 11) is 0. The van der Waals surface area contributed by atoms with Crippen LogP contribution in [-0.4, -0.2) is 11.8 Å². The van der Waals surface area contributed by atoms with E-state index >= 15 is 0 Å². The zero-order valence-corrected chi connectivity index (χ0v) is 21.9. The summed E-state index contributed by atoms with van der Waals surface area (Å²) in [5.41, 5.74) is 6.99. The van der Waals surface area contributed by atoms with Gasteiger partial charge >= 0.3 is 0 Å². The van der Waals surface area contributed by atoms with Crippen LogP contribution in [0.5, 0.6) is 0 Å². The SMILES string of the molecule is O=C1c2cccc3c2[C@@H](C=CC3)C(=O)N1c1ccc(C(c2ccccc2)(c2ccccc2)c2ccccc2)cc1. The van der Waals surface area contributed by atoms with Crippen LogP contribution >= 0.6 is 0 Å². The van der Waals surface area contributed by atoms with Crippen LogP contribution in [0.1, 0.15) is 49.7 Å². The molecule has 0 radical (unpaired) electrons. The van der Waals surface area contributed by atoms with Gasteiger partial charge < -0.3 is 0 Å². The second-order valence-corrected chi connectivity index (χ2v) is 10.4. The lowest BCUT2D eigenvalue weighted by Gasteiger charge is -2.37. The van der Waals surface area contributed by atoms with Gasteiger partial charge in [0.25, 0.3) is 5.91 Å². The average molecular weight is 518 g/mol. The number of imide groups is 1. The molecule has 0 spiro atoms. The Labute approximate surface area is 234 Å². The van der Waals surface area contributed by atoms with Crippen LogP contribution in [-0.2, 0) is 16.6 Å². The van der Waals surface area contributed by atoms with Crippen molar-refractivity contribution in [3.8, 4) is 0 Å². The number of rotatable bonds is 5. The van der Waals surface area contributed by atoms with Gasteiger partial charge in [0, 0.05) is 5.56 Å². The molecule has 0 aromatic heterocycles. The van der Waals surface area contributed by atoms with Crippen LogP contribution in [0.15, 0.2) is 146 Å². The normalized spacial score (nSPS) is 16.1. The second kappa shape index (κ2) is 9.62. The molecule has 0 bridgehead atoms. The van der Waals surface area contributed by atoms with Crippen LogP contribution in [0, 0.1) is 0 Å². The predicted octanol–water partition coefficient (Wildman–Crippen LogP) is 7.45. The van der Waals surface area contributed by atoms with Gasteiger partial charge in [-0.1, -0.05) is 127 Å². The van der Waals surface area contributed by atoms with E-state index in [2.05, 4.69) is 84.9 Å². The highest BCUT2D eigenvalue weighted by Crippen LogP contribution is 2.46. The van der Waals surface area contributed by atoms with E-state index in [1.54, 1.807) is 0 Å². The lowest BCUT2D eigenvalue weighted by atomic mass is 9.65. The zero-order chi connectivity index (χ0) is 27.1. The molecule has 5 aromatic rings. The highest BCUT2D eigenvalue weighted by molar-refractivity contribution is 6.26. The highest BCUT2D eigenvalue weighted by atomic mass is 16.2. The number of allylic oxidation sites excluding steroid dienone is 1. The molecule has 0 saturated carbocycles. The molecule has 2 amide bonds. The minimum atomic E-state index is -0.591. The second-order valence-electron chi connectivity index (χ2n) is 10.4. The topological polar surface area (TPSA) is 37.4 Å². The quantitative estimate of drug-likeness (QED) is 0.138. The smallest absolute Gasteiger partial charge is 0.265 e. The largest absolute Gasteiger partial charge is 0.273 e. The van der Waals surface area contributed by atoms with Gasteiger partial charge in [-0.3, -0.25) is 9.59 Å². The number of anilines is 1. The molecule has 3 heteroatoms. The summed E-state index contributed by atoms with van der Waals surface area (Å²) in [6.45, 7) is 0. The fourth-order valence-corrected chi connectivity index (χ4v) is 6.51. The number of amides is 2. The third-order valence-corrected chi connectivity index (χ3v) is 8.27. The Morgan fingerprint density at radius 1 is 0.575 bits per heavy atom. The maximum absolute atomic E-state index is 13.7. The molecule has 1 atom stereocenters. The van der Waals surface area contributed by atoms with E-state index in [0.29, 0.717) is 11.3 Å². The summed E-state index contributed by atoms with van der Waals surface area (Å²) in [5, 5.41) is 0. The Morgan fingerprint density at radius 2 is 1.10 bits per heavy atom. The van der Waals surface area contributed by atoms with E-state index in [-0.39, 0.29) is 11.8 Å². The van der Waals surface area contributed by atoms with Crippen LogP contribution in [0.3, 0.4) is 0 Å². The predicted molar refractivity (Wildman–Crippen MR) is 159 cm³/mol. The fraction of sp³-hybridized carbons (Fsp3) is 0.0811. The van der Waals surface area contributed by atoms with Crippen molar-refractivity contribution in [2.45, 2.75) is 17.8 Å². The van der Waals surface area contributed by atoms with E-state index in [9.17, 15) is 9.59 Å². The van der Waals surface area contributed by atoms with Crippen molar-refractivity contribution in [1.29, 1.82) is 0 Å². The van der Waals surface area contributed by atoms with E-state index in [4.69, 9.17) is 0 Å². The van der Waals surface area contributed by atoms with Crippen molar-refractivity contribution in [3.63, 3.8) is 0 Å². The van der Waals surface area contributed by atoms with Crippen molar-refractivity contribution in [1.82, 2.24) is 0 Å².